The van der Waals surface area contributed by atoms with E-state index in [9.17, 15) is 5.11 Å². The van der Waals surface area contributed by atoms with Crippen molar-refractivity contribution in [1.29, 1.82) is 0 Å². The third kappa shape index (κ3) is 5.64. The molecule has 0 radical (unpaired) electrons. The third-order valence-corrected chi connectivity index (χ3v) is 4.72. The number of likely N-dealkylation sites (N-methyl/N-ethyl adjacent to an activating group) is 1. The van der Waals surface area contributed by atoms with Crippen LogP contribution in [-0.2, 0) is 6.54 Å². The highest BCUT2D eigenvalue weighted by Gasteiger charge is 2.18. The molecule has 1 unspecified atom stereocenters. The van der Waals surface area contributed by atoms with Crippen molar-refractivity contribution in [3.8, 4) is 0 Å². The van der Waals surface area contributed by atoms with Crippen LogP contribution in [0.2, 0.25) is 5.02 Å². The standard InChI is InChI=1S/C18H30ClN3O/c1-14(2)11-15(23)12-20-13-16-17(19)5-4-6-18(16)22-9-7-21(3)8-10-22/h4-6,14-15,20,23H,7-13H2,1-3H3. The lowest BCUT2D eigenvalue weighted by atomic mass is 10.1. The second kappa shape index (κ2) is 8.88. The highest BCUT2D eigenvalue weighted by molar-refractivity contribution is 6.31. The van der Waals surface area contributed by atoms with Gasteiger partial charge in [0.05, 0.1) is 6.10 Å². The second-order valence-electron chi connectivity index (χ2n) is 6.94. The number of nitrogens with zero attached hydrogens (tertiary/aromatic N) is 2. The van der Waals surface area contributed by atoms with Gasteiger partial charge in [0.25, 0.3) is 0 Å². The normalized spacial score (nSPS) is 17.7. The van der Waals surface area contributed by atoms with Crippen LogP contribution in [0.3, 0.4) is 0 Å². The lowest BCUT2D eigenvalue weighted by Crippen LogP contribution is -2.45. The zero-order valence-corrected chi connectivity index (χ0v) is 15.3. The summed E-state index contributed by atoms with van der Waals surface area (Å²) in [6, 6.07) is 6.12. The van der Waals surface area contributed by atoms with Crippen LogP contribution in [0.5, 0.6) is 0 Å². The molecule has 1 aromatic rings. The molecule has 0 saturated carbocycles. The fraction of sp³-hybridized carbons (Fsp3) is 0.667. The van der Waals surface area contributed by atoms with Crippen LogP contribution >= 0.6 is 11.6 Å². The van der Waals surface area contributed by atoms with Crippen molar-refractivity contribution in [2.45, 2.75) is 32.9 Å². The molecule has 0 aromatic heterocycles. The molecular formula is C18H30ClN3O. The molecule has 130 valence electrons. The van der Waals surface area contributed by atoms with E-state index in [0.29, 0.717) is 19.0 Å². The Morgan fingerprint density at radius 3 is 2.57 bits per heavy atom. The number of hydrogen-bond acceptors (Lipinski definition) is 4. The largest absolute Gasteiger partial charge is 0.392 e. The van der Waals surface area contributed by atoms with Crippen LogP contribution in [0, 0.1) is 5.92 Å². The summed E-state index contributed by atoms with van der Waals surface area (Å²) in [5.41, 5.74) is 2.35. The zero-order valence-electron chi connectivity index (χ0n) is 14.6. The van der Waals surface area contributed by atoms with Gasteiger partial charge in [-0.2, -0.15) is 0 Å². The Balaban J connectivity index is 1.98. The van der Waals surface area contributed by atoms with E-state index in [0.717, 1.165) is 43.2 Å². The first-order valence-electron chi connectivity index (χ1n) is 8.57. The monoisotopic (exact) mass is 339 g/mol. The fourth-order valence-corrected chi connectivity index (χ4v) is 3.29. The lowest BCUT2D eigenvalue weighted by Gasteiger charge is -2.35. The quantitative estimate of drug-likeness (QED) is 0.801. The number of nitrogens with one attached hydrogen (secondary N) is 1. The van der Waals surface area contributed by atoms with Gasteiger partial charge < -0.3 is 20.2 Å². The van der Waals surface area contributed by atoms with Gasteiger partial charge in [0.2, 0.25) is 0 Å². The Bertz CT molecular complexity index is 487. The second-order valence-corrected chi connectivity index (χ2v) is 7.35. The Labute approximate surface area is 145 Å². The van der Waals surface area contributed by atoms with Gasteiger partial charge in [-0.3, -0.25) is 0 Å². The van der Waals surface area contributed by atoms with E-state index in [4.69, 9.17) is 11.6 Å². The SMILES string of the molecule is CC(C)CC(O)CNCc1c(Cl)cccc1N1CCN(C)CC1. The Morgan fingerprint density at radius 2 is 1.91 bits per heavy atom. The maximum atomic E-state index is 10.0. The summed E-state index contributed by atoms with van der Waals surface area (Å²) in [5.74, 6) is 0.507. The molecule has 2 rings (SSSR count). The number of hydrogen-bond donors (Lipinski definition) is 2. The lowest BCUT2D eigenvalue weighted by molar-refractivity contribution is 0.146. The predicted octanol–water partition coefficient (Wildman–Crippen LogP) is 2.59. The van der Waals surface area contributed by atoms with E-state index in [1.807, 2.05) is 12.1 Å². The summed E-state index contributed by atoms with van der Waals surface area (Å²) in [6.45, 7) is 9.76. The van der Waals surface area contributed by atoms with Gasteiger partial charge in [-0.1, -0.05) is 31.5 Å². The minimum atomic E-state index is -0.301. The summed E-state index contributed by atoms with van der Waals surface area (Å²) in [5, 5.41) is 14.2. The minimum Gasteiger partial charge on any atom is -0.392 e. The highest BCUT2D eigenvalue weighted by Crippen LogP contribution is 2.28. The van der Waals surface area contributed by atoms with Crippen molar-refractivity contribution >= 4 is 17.3 Å². The number of piperazine rings is 1. The van der Waals surface area contributed by atoms with Gasteiger partial charge in [0.1, 0.15) is 0 Å². The molecule has 23 heavy (non-hydrogen) atoms. The summed E-state index contributed by atoms with van der Waals surface area (Å²) >= 11 is 6.44. The summed E-state index contributed by atoms with van der Waals surface area (Å²) in [7, 11) is 2.16. The van der Waals surface area contributed by atoms with Crippen LogP contribution in [0.4, 0.5) is 5.69 Å². The van der Waals surface area contributed by atoms with Crippen molar-refractivity contribution in [2.24, 2.45) is 5.92 Å². The first kappa shape index (κ1) is 18.5. The molecule has 1 saturated heterocycles. The Morgan fingerprint density at radius 1 is 1.22 bits per heavy atom. The average molecular weight is 340 g/mol. The van der Waals surface area contributed by atoms with Gasteiger partial charge in [0.15, 0.2) is 0 Å². The molecular weight excluding hydrogens is 310 g/mol. The van der Waals surface area contributed by atoms with Gasteiger partial charge >= 0.3 is 0 Å². The fourth-order valence-electron chi connectivity index (χ4n) is 3.06. The first-order valence-corrected chi connectivity index (χ1v) is 8.94. The summed E-state index contributed by atoms with van der Waals surface area (Å²) in [6.07, 6.45) is 0.519. The number of rotatable bonds is 7. The molecule has 1 heterocycles. The number of aliphatic hydroxyl groups excluding tert-OH is 1. The predicted molar refractivity (Wildman–Crippen MR) is 98.3 cm³/mol. The molecule has 0 amide bonds. The van der Waals surface area contributed by atoms with Crippen molar-refractivity contribution in [3.05, 3.63) is 28.8 Å². The van der Waals surface area contributed by atoms with E-state index in [-0.39, 0.29) is 6.10 Å². The van der Waals surface area contributed by atoms with E-state index in [2.05, 4.69) is 42.1 Å². The topological polar surface area (TPSA) is 38.7 Å². The molecule has 2 N–H and O–H groups in total. The number of anilines is 1. The van der Waals surface area contributed by atoms with Crippen molar-refractivity contribution in [2.75, 3.05) is 44.7 Å². The van der Waals surface area contributed by atoms with Crippen molar-refractivity contribution in [1.82, 2.24) is 10.2 Å². The van der Waals surface area contributed by atoms with E-state index >= 15 is 0 Å². The number of aliphatic hydroxyl groups is 1. The molecule has 0 bridgehead atoms. The molecule has 4 nitrogen and oxygen atoms in total. The maximum Gasteiger partial charge on any atom is 0.0667 e. The molecule has 1 aliphatic heterocycles. The Hall–Kier alpha value is -0.810. The van der Waals surface area contributed by atoms with Crippen LogP contribution < -0.4 is 10.2 Å². The van der Waals surface area contributed by atoms with Crippen LogP contribution in [0.15, 0.2) is 18.2 Å². The molecule has 1 atom stereocenters. The third-order valence-electron chi connectivity index (χ3n) is 4.36. The minimum absolute atomic E-state index is 0.301. The van der Waals surface area contributed by atoms with Crippen LogP contribution in [0.1, 0.15) is 25.8 Å². The van der Waals surface area contributed by atoms with Crippen molar-refractivity contribution < 1.29 is 5.11 Å². The van der Waals surface area contributed by atoms with Crippen LogP contribution in [-0.4, -0.2) is 55.9 Å². The smallest absolute Gasteiger partial charge is 0.0667 e. The zero-order chi connectivity index (χ0) is 16.8. The maximum absolute atomic E-state index is 10.0. The first-order chi connectivity index (χ1) is 11.0. The molecule has 1 aliphatic rings. The summed E-state index contributed by atoms with van der Waals surface area (Å²) < 4.78 is 0. The number of halogens is 1. The number of benzene rings is 1. The molecule has 0 spiro atoms. The molecule has 0 aliphatic carbocycles. The van der Waals surface area contributed by atoms with Gasteiger partial charge in [-0.05, 0) is 31.5 Å². The molecule has 5 heteroatoms. The van der Waals surface area contributed by atoms with E-state index < -0.39 is 0 Å². The summed E-state index contributed by atoms with van der Waals surface area (Å²) in [4.78, 5) is 4.76. The van der Waals surface area contributed by atoms with E-state index in [1.165, 1.54) is 5.69 Å². The molecule has 1 aromatic carbocycles. The average Bonchev–Trinajstić information content (AvgIpc) is 2.49. The van der Waals surface area contributed by atoms with Crippen LogP contribution in [0.25, 0.3) is 0 Å². The van der Waals surface area contributed by atoms with E-state index in [1.54, 1.807) is 0 Å². The highest BCUT2D eigenvalue weighted by atomic mass is 35.5. The van der Waals surface area contributed by atoms with Gasteiger partial charge in [-0.25, -0.2) is 0 Å². The molecule has 1 fully saturated rings. The van der Waals surface area contributed by atoms with Gasteiger partial charge in [-0.15, -0.1) is 0 Å². The van der Waals surface area contributed by atoms with Gasteiger partial charge in [0, 0.05) is 55.5 Å². The Kier molecular flexibility index (Phi) is 7.15. The van der Waals surface area contributed by atoms with Crippen molar-refractivity contribution in [3.63, 3.8) is 0 Å².